The van der Waals surface area contributed by atoms with Gasteiger partial charge in [-0.05, 0) is 43.9 Å². The number of carbonyl (C=O) groups is 2. The molecule has 1 aromatic carbocycles. The Kier molecular flexibility index (Phi) is 5.92. The molecule has 1 aliphatic carbocycles. The number of nitrogens with one attached hydrogen (secondary N) is 1. The fraction of sp³-hybridized carbons (Fsp3) is 0.409. The van der Waals surface area contributed by atoms with E-state index in [4.69, 9.17) is 4.74 Å². The molecule has 2 aliphatic rings. The van der Waals surface area contributed by atoms with Crippen LogP contribution in [0.15, 0.2) is 36.5 Å². The van der Waals surface area contributed by atoms with Crippen molar-refractivity contribution in [3.63, 3.8) is 0 Å². The van der Waals surface area contributed by atoms with Crippen LogP contribution in [-0.4, -0.2) is 29.4 Å². The predicted octanol–water partition coefficient (Wildman–Crippen LogP) is 3.35. The number of hydrogen-bond acceptors (Lipinski definition) is 4. The number of anilines is 1. The zero-order valence-corrected chi connectivity index (χ0v) is 16.4. The molecule has 2 aromatic rings. The number of rotatable bonds is 6. The third kappa shape index (κ3) is 4.58. The summed E-state index contributed by atoms with van der Waals surface area (Å²) < 4.78 is 32.9. The van der Waals surface area contributed by atoms with Crippen molar-refractivity contribution < 1.29 is 23.1 Å². The van der Waals surface area contributed by atoms with Gasteiger partial charge in [0.2, 0.25) is 17.7 Å². The molecular weight excluding hydrogens is 392 g/mol. The van der Waals surface area contributed by atoms with Crippen LogP contribution >= 0.6 is 0 Å². The molecular formula is C22H23F2N3O3. The zero-order valence-electron chi connectivity index (χ0n) is 16.4. The number of nitrogens with zero attached hydrogens (tertiary/aromatic N) is 2. The molecule has 0 radical (unpaired) electrons. The first-order valence-electron chi connectivity index (χ1n) is 10.1. The van der Waals surface area contributed by atoms with Crippen LogP contribution < -0.4 is 15.0 Å². The van der Waals surface area contributed by atoms with Gasteiger partial charge >= 0.3 is 0 Å². The first-order chi connectivity index (χ1) is 14.5. The van der Waals surface area contributed by atoms with E-state index in [1.807, 2.05) is 6.07 Å². The third-order valence-corrected chi connectivity index (χ3v) is 5.54. The molecule has 158 valence electrons. The number of amides is 2. The number of benzene rings is 1. The molecule has 1 aromatic heterocycles. The van der Waals surface area contributed by atoms with Crippen LogP contribution in [0.1, 0.15) is 37.7 Å². The molecule has 1 saturated carbocycles. The van der Waals surface area contributed by atoms with E-state index in [1.54, 1.807) is 12.3 Å². The molecule has 1 N–H and O–H groups in total. The van der Waals surface area contributed by atoms with E-state index in [0.717, 1.165) is 49.4 Å². The molecule has 0 bridgehead atoms. The summed E-state index contributed by atoms with van der Waals surface area (Å²) in [6.07, 6.45) is 6.09. The van der Waals surface area contributed by atoms with Crippen LogP contribution in [0.4, 0.5) is 14.5 Å². The van der Waals surface area contributed by atoms with Crippen LogP contribution in [0, 0.1) is 17.6 Å². The summed E-state index contributed by atoms with van der Waals surface area (Å²) in [6.45, 7) is 0.306. The van der Waals surface area contributed by atoms with E-state index in [1.165, 1.54) is 4.90 Å². The number of carbonyl (C=O) groups excluding carboxylic acids is 2. The predicted molar refractivity (Wildman–Crippen MR) is 106 cm³/mol. The van der Waals surface area contributed by atoms with Gasteiger partial charge in [0.05, 0.1) is 5.92 Å². The standard InChI is InChI=1S/C22H23F2N3O3/c23-16-9-17(24)11-18(10-16)27-13-15(8-20(27)28)21(29)26-12-14-4-3-7-25-22(14)30-19-5-1-2-6-19/h3-4,7,9-11,15,19H,1-2,5-6,8,12-13H2,(H,26,29). The molecule has 1 saturated heterocycles. The zero-order chi connectivity index (χ0) is 21.1. The maximum atomic E-state index is 13.5. The Morgan fingerprint density at radius 2 is 1.93 bits per heavy atom. The summed E-state index contributed by atoms with van der Waals surface area (Å²) in [5.74, 6) is -2.25. The van der Waals surface area contributed by atoms with Crippen molar-refractivity contribution in [1.29, 1.82) is 0 Å². The Bertz CT molecular complexity index is 927. The lowest BCUT2D eigenvalue weighted by Gasteiger charge is -2.18. The summed E-state index contributed by atoms with van der Waals surface area (Å²) in [5, 5.41) is 2.84. The largest absolute Gasteiger partial charge is 0.474 e. The van der Waals surface area contributed by atoms with Crippen molar-refractivity contribution in [2.24, 2.45) is 5.92 Å². The summed E-state index contributed by atoms with van der Waals surface area (Å²) in [4.78, 5) is 30.5. The van der Waals surface area contributed by atoms with Crippen LogP contribution in [0.3, 0.4) is 0 Å². The van der Waals surface area contributed by atoms with Gasteiger partial charge in [0, 0.05) is 43.0 Å². The Morgan fingerprint density at radius 1 is 1.20 bits per heavy atom. The maximum absolute atomic E-state index is 13.5. The maximum Gasteiger partial charge on any atom is 0.227 e. The van der Waals surface area contributed by atoms with E-state index in [9.17, 15) is 18.4 Å². The fourth-order valence-electron chi connectivity index (χ4n) is 3.98. The van der Waals surface area contributed by atoms with E-state index in [-0.39, 0.29) is 43.1 Å². The van der Waals surface area contributed by atoms with Gasteiger partial charge in [-0.15, -0.1) is 0 Å². The third-order valence-electron chi connectivity index (χ3n) is 5.54. The van der Waals surface area contributed by atoms with Gasteiger partial charge in [-0.1, -0.05) is 6.07 Å². The number of aromatic nitrogens is 1. The van der Waals surface area contributed by atoms with Gasteiger partial charge < -0.3 is 15.0 Å². The highest BCUT2D eigenvalue weighted by Gasteiger charge is 2.35. The summed E-state index contributed by atoms with van der Waals surface area (Å²) in [5.41, 5.74) is 0.887. The molecule has 1 atom stereocenters. The van der Waals surface area contributed by atoms with Crippen molar-refractivity contribution in [2.75, 3.05) is 11.4 Å². The van der Waals surface area contributed by atoms with E-state index in [0.29, 0.717) is 5.88 Å². The first-order valence-corrected chi connectivity index (χ1v) is 10.1. The van der Waals surface area contributed by atoms with E-state index < -0.39 is 17.6 Å². The average molecular weight is 415 g/mol. The van der Waals surface area contributed by atoms with Gasteiger partial charge in [0.25, 0.3) is 0 Å². The van der Waals surface area contributed by atoms with Gasteiger partial charge in [0.15, 0.2) is 0 Å². The Labute approximate surface area is 173 Å². The molecule has 30 heavy (non-hydrogen) atoms. The van der Waals surface area contributed by atoms with Crippen molar-refractivity contribution in [1.82, 2.24) is 10.3 Å². The van der Waals surface area contributed by atoms with Crippen LogP contribution in [0.2, 0.25) is 0 Å². The van der Waals surface area contributed by atoms with Gasteiger partial charge in [0.1, 0.15) is 17.7 Å². The minimum absolute atomic E-state index is 0.0115. The topological polar surface area (TPSA) is 71.5 Å². The van der Waals surface area contributed by atoms with Gasteiger partial charge in [-0.3, -0.25) is 9.59 Å². The Morgan fingerprint density at radius 3 is 2.67 bits per heavy atom. The van der Waals surface area contributed by atoms with Crippen molar-refractivity contribution in [3.8, 4) is 5.88 Å². The van der Waals surface area contributed by atoms with Gasteiger partial charge in [-0.2, -0.15) is 0 Å². The smallest absolute Gasteiger partial charge is 0.227 e. The lowest BCUT2D eigenvalue weighted by Crippen LogP contribution is -2.33. The normalized spacial score (nSPS) is 19.3. The Hall–Kier alpha value is -3.03. The minimum atomic E-state index is -0.767. The molecule has 6 nitrogen and oxygen atoms in total. The van der Waals surface area contributed by atoms with E-state index >= 15 is 0 Å². The second-order valence-electron chi connectivity index (χ2n) is 7.74. The number of hydrogen-bond donors (Lipinski definition) is 1. The number of halogens is 2. The second kappa shape index (κ2) is 8.77. The van der Waals surface area contributed by atoms with Crippen LogP contribution in [0.5, 0.6) is 5.88 Å². The van der Waals surface area contributed by atoms with E-state index in [2.05, 4.69) is 10.3 Å². The summed E-state index contributed by atoms with van der Waals surface area (Å²) >= 11 is 0. The molecule has 8 heteroatoms. The summed E-state index contributed by atoms with van der Waals surface area (Å²) in [7, 11) is 0. The molecule has 1 aliphatic heterocycles. The van der Waals surface area contributed by atoms with Crippen LogP contribution in [0.25, 0.3) is 0 Å². The minimum Gasteiger partial charge on any atom is -0.474 e. The lowest BCUT2D eigenvalue weighted by atomic mass is 10.1. The lowest BCUT2D eigenvalue weighted by molar-refractivity contribution is -0.126. The van der Waals surface area contributed by atoms with Crippen molar-refractivity contribution in [3.05, 3.63) is 53.7 Å². The number of ether oxygens (including phenoxy) is 1. The van der Waals surface area contributed by atoms with Gasteiger partial charge in [-0.25, -0.2) is 13.8 Å². The fourth-order valence-corrected chi connectivity index (χ4v) is 3.98. The summed E-state index contributed by atoms with van der Waals surface area (Å²) in [6, 6.07) is 6.54. The highest BCUT2D eigenvalue weighted by molar-refractivity contribution is 6.00. The molecule has 2 heterocycles. The molecule has 4 rings (SSSR count). The monoisotopic (exact) mass is 415 g/mol. The SMILES string of the molecule is O=C(NCc1cccnc1OC1CCCC1)C1CC(=O)N(c2cc(F)cc(F)c2)C1. The van der Waals surface area contributed by atoms with Crippen molar-refractivity contribution >= 4 is 17.5 Å². The molecule has 2 amide bonds. The first kappa shape index (κ1) is 20.3. The quantitative estimate of drug-likeness (QED) is 0.786. The molecule has 0 spiro atoms. The van der Waals surface area contributed by atoms with Crippen LogP contribution in [-0.2, 0) is 16.1 Å². The highest BCUT2D eigenvalue weighted by Crippen LogP contribution is 2.28. The van der Waals surface area contributed by atoms with Crippen molar-refractivity contribution in [2.45, 2.75) is 44.8 Å². The average Bonchev–Trinajstić information content (AvgIpc) is 3.36. The highest BCUT2D eigenvalue weighted by atomic mass is 19.1. The molecule has 2 fully saturated rings. The number of pyridine rings is 1. The Balaban J connectivity index is 1.37. The molecule has 1 unspecified atom stereocenters. The second-order valence-corrected chi connectivity index (χ2v) is 7.74.